The third-order valence-electron chi connectivity index (χ3n) is 2.00. The number of hydrogen-bond acceptors (Lipinski definition) is 0. The maximum atomic E-state index is 2.28. The Hall–Kier alpha value is -1.04. The fourth-order valence-electron chi connectivity index (χ4n) is 1.25. The summed E-state index contributed by atoms with van der Waals surface area (Å²) in [6.07, 6.45) is 23.5. The molecule has 0 nitrogen and oxygen atoms in total. The molecule has 0 aliphatic heterocycles. The molecule has 0 spiro atoms. The van der Waals surface area contributed by atoms with E-state index < -0.39 is 0 Å². The van der Waals surface area contributed by atoms with Gasteiger partial charge in [-0.15, -0.1) is 0 Å². The van der Waals surface area contributed by atoms with Gasteiger partial charge in [-0.2, -0.15) is 0 Å². The number of allylic oxidation sites excluding steroid dienone is 8. The first-order valence-corrected chi connectivity index (χ1v) is 5.12. The van der Waals surface area contributed by atoms with Crippen molar-refractivity contribution in [3.05, 3.63) is 48.6 Å². The van der Waals surface area contributed by atoms with E-state index in [1.165, 1.54) is 19.3 Å². The second kappa shape index (κ2) is 7.60. The molecule has 1 aliphatic rings. The third kappa shape index (κ3) is 6.15. The average Bonchev–Trinajstić information content (AvgIpc) is 2.18. The predicted octanol–water partition coefficient (Wildman–Crippen LogP) is 4.18. The highest BCUT2D eigenvalue weighted by atomic mass is 13.9. The molecule has 0 N–H and O–H groups in total. The molecule has 0 radical (unpaired) electrons. The van der Waals surface area contributed by atoms with Gasteiger partial charge in [0.15, 0.2) is 0 Å². The van der Waals surface area contributed by atoms with Crippen LogP contribution in [0.5, 0.6) is 0 Å². The highest BCUT2D eigenvalue weighted by Crippen LogP contribution is 2.01. The van der Waals surface area contributed by atoms with Gasteiger partial charge in [0.25, 0.3) is 0 Å². The Morgan fingerprint density at radius 2 is 1.15 bits per heavy atom. The van der Waals surface area contributed by atoms with Gasteiger partial charge in [-0.3, -0.25) is 0 Å². The van der Waals surface area contributed by atoms with Gasteiger partial charge in [0, 0.05) is 0 Å². The lowest BCUT2D eigenvalue weighted by atomic mass is 10.2. The van der Waals surface area contributed by atoms with Crippen LogP contribution in [0.15, 0.2) is 48.6 Å². The standard InChI is InChI=1S/C13H18/c1-2-4-6-8-10-12-13-11-9-7-5-3-1/h1-4,7,9,12-13H,5-6,8,10-11H2/b3-1+,4-2+,9-7?,13-12+. The molecular weight excluding hydrogens is 156 g/mol. The smallest absolute Gasteiger partial charge is 0.0166 e. The van der Waals surface area contributed by atoms with Gasteiger partial charge in [-0.05, 0) is 32.1 Å². The van der Waals surface area contributed by atoms with E-state index in [0.717, 1.165) is 12.8 Å². The third-order valence-corrected chi connectivity index (χ3v) is 2.00. The van der Waals surface area contributed by atoms with E-state index in [2.05, 4.69) is 48.6 Å². The van der Waals surface area contributed by atoms with Crippen LogP contribution >= 0.6 is 0 Å². The molecular formula is C13H18. The average molecular weight is 174 g/mol. The van der Waals surface area contributed by atoms with E-state index in [1.54, 1.807) is 0 Å². The Kier molecular flexibility index (Phi) is 5.87. The number of rotatable bonds is 0. The minimum atomic E-state index is 1.05. The first kappa shape index (κ1) is 10.0. The topological polar surface area (TPSA) is 0 Å². The van der Waals surface area contributed by atoms with Gasteiger partial charge in [0.1, 0.15) is 0 Å². The summed E-state index contributed by atoms with van der Waals surface area (Å²) in [5.41, 5.74) is 0. The Labute approximate surface area is 81.4 Å². The first-order valence-electron chi connectivity index (χ1n) is 5.12. The summed E-state index contributed by atoms with van der Waals surface area (Å²) in [5.74, 6) is 0. The van der Waals surface area contributed by atoms with Crippen molar-refractivity contribution in [3.63, 3.8) is 0 Å². The van der Waals surface area contributed by atoms with Crippen molar-refractivity contribution in [2.24, 2.45) is 0 Å². The first-order chi connectivity index (χ1) is 6.50. The fourth-order valence-corrected chi connectivity index (χ4v) is 1.25. The zero-order valence-corrected chi connectivity index (χ0v) is 8.15. The van der Waals surface area contributed by atoms with Crippen LogP contribution in [0.25, 0.3) is 0 Å². The molecule has 0 saturated carbocycles. The second-order valence-electron chi connectivity index (χ2n) is 3.20. The summed E-state index contributed by atoms with van der Waals surface area (Å²) >= 11 is 0. The molecule has 0 aromatic carbocycles. The van der Waals surface area contributed by atoms with Crippen LogP contribution in [-0.4, -0.2) is 0 Å². The van der Waals surface area contributed by atoms with Gasteiger partial charge in [0.05, 0.1) is 0 Å². The highest BCUT2D eigenvalue weighted by Gasteiger charge is 1.80. The predicted molar refractivity (Wildman–Crippen MR) is 59.6 cm³/mol. The van der Waals surface area contributed by atoms with Gasteiger partial charge in [0.2, 0.25) is 0 Å². The summed E-state index contributed by atoms with van der Waals surface area (Å²) < 4.78 is 0. The Bertz CT molecular complexity index is 216. The van der Waals surface area contributed by atoms with Crippen LogP contribution in [0.4, 0.5) is 0 Å². The Morgan fingerprint density at radius 1 is 0.538 bits per heavy atom. The van der Waals surface area contributed by atoms with E-state index in [0.29, 0.717) is 0 Å². The Balaban J connectivity index is 2.38. The molecule has 0 heterocycles. The van der Waals surface area contributed by atoms with Crippen molar-refractivity contribution < 1.29 is 0 Å². The van der Waals surface area contributed by atoms with Crippen molar-refractivity contribution in [2.75, 3.05) is 0 Å². The summed E-state index contributed by atoms with van der Waals surface area (Å²) in [7, 11) is 0. The highest BCUT2D eigenvalue weighted by molar-refractivity contribution is 5.06. The summed E-state index contributed by atoms with van der Waals surface area (Å²) in [5, 5.41) is 0. The molecule has 0 saturated heterocycles. The van der Waals surface area contributed by atoms with Crippen molar-refractivity contribution in [1.82, 2.24) is 0 Å². The maximum absolute atomic E-state index is 2.28. The van der Waals surface area contributed by atoms with Crippen LogP contribution in [0.2, 0.25) is 0 Å². The lowest BCUT2D eigenvalue weighted by Gasteiger charge is -1.88. The molecule has 1 aliphatic carbocycles. The van der Waals surface area contributed by atoms with Gasteiger partial charge < -0.3 is 0 Å². The van der Waals surface area contributed by atoms with E-state index in [9.17, 15) is 0 Å². The largest absolute Gasteiger partial charge is 0.0882 e. The maximum Gasteiger partial charge on any atom is -0.0166 e. The molecule has 0 aromatic rings. The number of hydrogen-bond donors (Lipinski definition) is 0. The second-order valence-corrected chi connectivity index (χ2v) is 3.20. The van der Waals surface area contributed by atoms with Crippen molar-refractivity contribution in [2.45, 2.75) is 32.1 Å². The lowest BCUT2D eigenvalue weighted by Crippen LogP contribution is -1.68. The van der Waals surface area contributed by atoms with E-state index in [4.69, 9.17) is 0 Å². The van der Waals surface area contributed by atoms with E-state index in [1.807, 2.05) is 0 Å². The SMILES string of the molecule is C1=CC/C=C/CCC/C=C/C=C/C1. The molecule has 0 heteroatoms. The summed E-state index contributed by atoms with van der Waals surface area (Å²) in [6.45, 7) is 0. The summed E-state index contributed by atoms with van der Waals surface area (Å²) in [4.78, 5) is 0. The zero-order valence-electron chi connectivity index (χ0n) is 8.15. The zero-order chi connectivity index (χ0) is 9.19. The molecule has 0 amide bonds. The monoisotopic (exact) mass is 174 g/mol. The molecule has 13 heavy (non-hydrogen) atoms. The van der Waals surface area contributed by atoms with Crippen LogP contribution in [0, 0.1) is 0 Å². The minimum absolute atomic E-state index is 1.05. The van der Waals surface area contributed by atoms with Gasteiger partial charge in [-0.25, -0.2) is 0 Å². The van der Waals surface area contributed by atoms with Crippen LogP contribution < -0.4 is 0 Å². The minimum Gasteiger partial charge on any atom is -0.0882 e. The molecule has 0 aromatic heterocycles. The molecule has 70 valence electrons. The van der Waals surface area contributed by atoms with Crippen LogP contribution in [-0.2, 0) is 0 Å². The lowest BCUT2D eigenvalue weighted by molar-refractivity contribution is 0.866. The van der Waals surface area contributed by atoms with E-state index in [-0.39, 0.29) is 0 Å². The van der Waals surface area contributed by atoms with Crippen molar-refractivity contribution in [1.29, 1.82) is 0 Å². The molecule has 0 atom stereocenters. The van der Waals surface area contributed by atoms with Gasteiger partial charge in [-0.1, -0.05) is 48.6 Å². The molecule has 0 bridgehead atoms. The van der Waals surface area contributed by atoms with Crippen molar-refractivity contribution >= 4 is 0 Å². The molecule has 1 rings (SSSR count). The fraction of sp³-hybridized carbons (Fsp3) is 0.385. The van der Waals surface area contributed by atoms with Crippen LogP contribution in [0.3, 0.4) is 0 Å². The van der Waals surface area contributed by atoms with E-state index >= 15 is 0 Å². The molecule has 0 fully saturated rings. The molecule has 0 unspecified atom stereocenters. The quantitative estimate of drug-likeness (QED) is 0.483. The van der Waals surface area contributed by atoms with Crippen LogP contribution in [0.1, 0.15) is 32.1 Å². The Morgan fingerprint density at radius 3 is 2.08 bits per heavy atom. The van der Waals surface area contributed by atoms with Crippen molar-refractivity contribution in [3.8, 4) is 0 Å². The normalized spacial score (nSPS) is 26.5. The summed E-state index contributed by atoms with van der Waals surface area (Å²) in [6, 6.07) is 0. The van der Waals surface area contributed by atoms with Gasteiger partial charge >= 0.3 is 0 Å².